The fourth-order valence-corrected chi connectivity index (χ4v) is 8.50. The van der Waals surface area contributed by atoms with Crippen molar-refractivity contribution in [2.75, 3.05) is 41.7 Å². The van der Waals surface area contributed by atoms with Gasteiger partial charge in [-0.15, -0.1) is 0 Å². The van der Waals surface area contributed by atoms with Crippen molar-refractivity contribution < 1.29 is 28.4 Å². The largest absolute Gasteiger partial charge is 0.493 e. The van der Waals surface area contributed by atoms with E-state index >= 15 is 0 Å². The number of methoxy groups -OCH3 is 4. The molecule has 0 spiro atoms. The Hall–Kier alpha value is -4.09. The number of nitriles is 1. The molecule has 4 rings (SSSR count). The third-order valence-corrected chi connectivity index (χ3v) is 12.1. The molecule has 8 nitrogen and oxygen atoms in total. The molecule has 0 aromatic heterocycles. The lowest BCUT2D eigenvalue weighted by Gasteiger charge is -2.38. The van der Waals surface area contributed by atoms with Gasteiger partial charge in [-0.25, -0.2) is 0 Å². The summed E-state index contributed by atoms with van der Waals surface area (Å²) in [5, 5.41) is 14.9. The molecule has 1 aliphatic rings. The Balaban J connectivity index is 1.74. The highest BCUT2D eigenvalue weighted by Crippen LogP contribution is 2.54. The van der Waals surface area contributed by atoms with Crippen LogP contribution < -0.4 is 33.7 Å². The minimum absolute atomic E-state index is 0.0834. The first-order valence-corrected chi connectivity index (χ1v) is 21.1. The summed E-state index contributed by atoms with van der Waals surface area (Å²) in [6.45, 7) is 14.6. The Morgan fingerprint density at radius 3 is 2.02 bits per heavy atom. The molecule has 3 aromatic rings. The topological polar surface area (TPSA) is 91.2 Å². The molecule has 0 fully saturated rings. The van der Waals surface area contributed by atoms with Gasteiger partial charge in [0.15, 0.2) is 23.0 Å². The molecule has 3 aromatic carbocycles. The van der Waals surface area contributed by atoms with Crippen LogP contribution in [-0.4, -0.2) is 47.7 Å². The van der Waals surface area contributed by atoms with Gasteiger partial charge >= 0.3 is 0 Å². The van der Waals surface area contributed by atoms with Crippen LogP contribution in [0, 0.1) is 29.1 Å². The zero-order valence-corrected chi connectivity index (χ0v) is 36.1. The molecule has 1 heterocycles. The zero-order valence-electron chi connectivity index (χ0n) is 36.1. The molecule has 0 bridgehead atoms. The van der Waals surface area contributed by atoms with E-state index in [-0.39, 0.29) is 18.0 Å². The Labute approximate surface area is 338 Å². The highest BCUT2D eigenvalue weighted by molar-refractivity contribution is 5.69. The number of hydrogen-bond donors (Lipinski definition) is 1. The van der Waals surface area contributed by atoms with Crippen LogP contribution >= 0.6 is 0 Å². The van der Waals surface area contributed by atoms with Gasteiger partial charge in [-0.2, -0.15) is 5.26 Å². The molecule has 8 heteroatoms. The summed E-state index contributed by atoms with van der Waals surface area (Å²) in [4.78, 5) is 0. The van der Waals surface area contributed by atoms with Gasteiger partial charge in [-0.1, -0.05) is 104 Å². The number of nitrogens with zero attached hydrogens (tertiary/aromatic N) is 1. The van der Waals surface area contributed by atoms with Crippen LogP contribution in [0.5, 0.6) is 34.5 Å². The van der Waals surface area contributed by atoms with Crippen molar-refractivity contribution in [2.24, 2.45) is 17.8 Å². The first kappa shape index (κ1) is 44.6. The van der Waals surface area contributed by atoms with Crippen LogP contribution in [0.25, 0.3) is 0 Å². The van der Waals surface area contributed by atoms with Crippen molar-refractivity contribution in [3.05, 3.63) is 70.8 Å². The Morgan fingerprint density at radius 1 is 0.732 bits per heavy atom. The van der Waals surface area contributed by atoms with Gasteiger partial charge in [-0.3, -0.25) is 0 Å². The second-order valence-electron chi connectivity index (χ2n) is 16.0. The van der Waals surface area contributed by atoms with Gasteiger partial charge in [0.2, 0.25) is 11.5 Å². The minimum atomic E-state index is -0.693. The Morgan fingerprint density at radius 2 is 1.39 bits per heavy atom. The fraction of sp³-hybridized carbons (Fsp3) is 0.604. The Bertz CT molecular complexity index is 1690. The lowest BCUT2D eigenvalue weighted by atomic mass is 9.69. The number of rotatable bonds is 24. The number of unbranched alkanes of at least 4 members (excludes halogenated alkanes) is 2. The summed E-state index contributed by atoms with van der Waals surface area (Å²) in [5.41, 5.74) is 3.57. The first-order valence-electron chi connectivity index (χ1n) is 21.1. The maximum Gasteiger partial charge on any atom is 0.207 e. The van der Waals surface area contributed by atoms with Gasteiger partial charge in [0, 0.05) is 17.2 Å². The fourth-order valence-electron chi connectivity index (χ4n) is 8.50. The van der Waals surface area contributed by atoms with Crippen molar-refractivity contribution in [1.29, 1.82) is 5.26 Å². The summed E-state index contributed by atoms with van der Waals surface area (Å²) in [6, 6.07) is 19.2. The van der Waals surface area contributed by atoms with E-state index in [0.29, 0.717) is 54.5 Å². The SMILES string of the molecule is CCCCCOc1c2c(c(OCCC[C@H](C)C(C)CCC)c(OC)c1OC)C(c1ccccc1)N[C@H](CCCC(C#N)(c1ccc(OC)c(OC)c1)C(C)C)C2. The smallest absolute Gasteiger partial charge is 0.207 e. The van der Waals surface area contributed by atoms with Crippen LogP contribution in [-0.2, 0) is 11.8 Å². The van der Waals surface area contributed by atoms with E-state index in [1.165, 1.54) is 12.8 Å². The quantitative estimate of drug-likeness (QED) is 0.0901. The van der Waals surface area contributed by atoms with Crippen LogP contribution in [0.4, 0.5) is 0 Å². The second kappa shape index (κ2) is 22.0. The third kappa shape index (κ3) is 10.4. The average molecular weight is 771 g/mol. The monoisotopic (exact) mass is 771 g/mol. The number of ether oxygens (including phenoxy) is 6. The molecule has 308 valence electrons. The van der Waals surface area contributed by atoms with E-state index in [9.17, 15) is 5.26 Å². The van der Waals surface area contributed by atoms with E-state index in [1.54, 1.807) is 28.4 Å². The van der Waals surface area contributed by atoms with Gasteiger partial charge in [0.05, 0.1) is 59.2 Å². The normalized spacial score (nSPS) is 17.2. The highest BCUT2D eigenvalue weighted by atomic mass is 16.5. The standard InChI is InChI=1S/C48H70N2O6/c1-11-13-17-28-55-44-39-31-38(24-18-27-48(32-49,33(3)4)37-25-26-40(51-7)41(30-37)52-8)50-43(36-22-15-14-16-23-36)42(39)45(47(54-10)46(44)53-9)56-29-19-21-35(6)34(5)20-12-2/h14-16,22-23,25-26,30,33-35,38,43,50H,11-13,17-21,24,27-29,31H2,1-10H3/t34?,35-,38+,43?,48?/m0/s1. The Kier molecular flexibility index (Phi) is 17.5. The molecule has 1 aliphatic heterocycles. The maximum atomic E-state index is 10.8. The van der Waals surface area contributed by atoms with Gasteiger partial charge < -0.3 is 33.7 Å². The average Bonchev–Trinajstić information content (AvgIpc) is 3.22. The van der Waals surface area contributed by atoms with Crippen molar-refractivity contribution in [3.63, 3.8) is 0 Å². The molecular formula is C48H70N2O6. The van der Waals surface area contributed by atoms with E-state index in [2.05, 4.69) is 83.3 Å². The minimum Gasteiger partial charge on any atom is -0.493 e. The molecule has 0 saturated carbocycles. The first-order chi connectivity index (χ1) is 27.1. The summed E-state index contributed by atoms with van der Waals surface area (Å²) >= 11 is 0. The second-order valence-corrected chi connectivity index (χ2v) is 16.0. The van der Waals surface area contributed by atoms with Crippen molar-refractivity contribution in [3.8, 4) is 40.6 Å². The lowest BCUT2D eigenvalue weighted by molar-refractivity contribution is 0.238. The van der Waals surface area contributed by atoms with Crippen LogP contribution in [0.15, 0.2) is 48.5 Å². The van der Waals surface area contributed by atoms with E-state index in [0.717, 1.165) is 85.1 Å². The van der Waals surface area contributed by atoms with E-state index < -0.39 is 5.41 Å². The molecule has 3 unspecified atom stereocenters. The summed E-state index contributed by atoms with van der Waals surface area (Å²) in [6.07, 6.45) is 10.8. The highest BCUT2D eigenvalue weighted by Gasteiger charge is 2.40. The van der Waals surface area contributed by atoms with Crippen molar-refractivity contribution >= 4 is 0 Å². The third-order valence-electron chi connectivity index (χ3n) is 12.1. The molecular weight excluding hydrogens is 701 g/mol. The van der Waals surface area contributed by atoms with Crippen LogP contribution in [0.1, 0.15) is 134 Å². The molecule has 5 atom stereocenters. The number of fused-ring (bicyclic) bond motifs is 1. The molecule has 56 heavy (non-hydrogen) atoms. The van der Waals surface area contributed by atoms with Crippen molar-refractivity contribution in [1.82, 2.24) is 5.32 Å². The molecule has 0 aliphatic carbocycles. The summed E-state index contributed by atoms with van der Waals surface area (Å²) < 4.78 is 37.1. The van der Waals surface area contributed by atoms with Crippen LogP contribution in [0.2, 0.25) is 0 Å². The lowest BCUT2D eigenvalue weighted by Crippen LogP contribution is -2.41. The number of hydrogen-bond acceptors (Lipinski definition) is 8. The van der Waals surface area contributed by atoms with Crippen molar-refractivity contribution in [2.45, 2.75) is 130 Å². The van der Waals surface area contributed by atoms with Crippen LogP contribution in [0.3, 0.4) is 0 Å². The van der Waals surface area contributed by atoms with Gasteiger partial charge in [0.1, 0.15) is 0 Å². The predicted octanol–water partition coefficient (Wildman–Crippen LogP) is 11.4. The summed E-state index contributed by atoms with van der Waals surface area (Å²) in [7, 11) is 6.66. The van der Waals surface area contributed by atoms with Gasteiger partial charge in [-0.05, 0) is 86.0 Å². The molecule has 0 saturated heterocycles. The number of benzene rings is 3. The number of nitrogens with one attached hydrogen (secondary N) is 1. The van der Waals surface area contributed by atoms with E-state index in [4.69, 9.17) is 28.4 Å². The molecule has 0 radical (unpaired) electrons. The molecule has 1 N–H and O–H groups in total. The zero-order chi connectivity index (χ0) is 40.7. The predicted molar refractivity (Wildman–Crippen MR) is 227 cm³/mol. The summed E-state index contributed by atoms with van der Waals surface area (Å²) in [5.74, 6) is 5.34. The van der Waals surface area contributed by atoms with E-state index in [1.807, 2.05) is 18.2 Å². The van der Waals surface area contributed by atoms with Gasteiger partial charge in [0.25, 0.3) is 0 Å². The maximum absolute atomic E-state index is 10.8. The molecule has 0 amide bonds.